The summed E-state index contributed by atoms with van der Waals surface area (Å²) in [5.74, 6) is 0.0361. The number of fused-ring (bicyclic) bond motifs is 1. The van der Waals surface area contributed by atoms with Crippen LogP contribution in [0.4, 0.5) is 5.69 Å². The summed E-state index contributed by atoms with van der Waals surface area (Å²) in [5, 5.41) is 14.6. The number of aromatic nitrogens is 2. The lowest BCUT2D eigenvalue weighted by Crippen LogP contribution is -2.14. The van der Waals surface area contributed by atoms with Crippen LogP contribution < -0.4 is 5.32 Å². The zero-order valence-corrected chi connectivity index (χ0v) is 21.2. The molecule has 0 unspecified atom stereocenters. The zero-order chi connectivity index (χ0) is 25.1. The van der Waals surface area contributed by atoms with Gasteiger partial charge in [0.1, 0.15) is 6.33 Å². The molecular formula is C28H26ClN3O3S. The molecule has 0 atom stereocenters. The normalized spacial score (nSPS) is 17.7. The average molecular weight is 520 g/mol. The molecule has 2 aromatic carbocycles. The number of benzene rings is 2. The number of amides is 1. The van der Waals surface area contributed by atoms with Gasteiger partial charge in [-0.05, 0) is 85.2 Å². The Balaban J connectivity index is 1.30. The molecule has 1 amide bonds. The van der Waals surface area contributed by atoms with Gasteiger partial charge in [0.15, 0.2) is 0 Å². The van der Waals surface area contributed by atoms with Crippen LogP contribution in [0.3, 0.4) is 0 Å². The van der Waals surface area contributed by atoms with Crippen LogP contribution in [0.2, 0.25) is 5.02 Å². The minimum atomic E-state index is -0.707. The average Bonchev–Trinajstić information content (AvgIpc) is 3.33. The summed E-state index contributed by atoms with van der Waals surface area (Å²) in [6, 6.07) is 14.5. The van der Waals surface area contributed by atoms with Crippen LogP contribution in [0.25, 0.3) is 21.5 Å². The summed E-state index contributed by atoms with van der Waals surface area (Å²) in [6.07, 6.45) is 6.92. The van der Waals surface area contributed by atoms with Gasteiger partial charge in [0.25, 0.3) is 5.91 Å². The number of carbonyl (C=O) groups excluding carboxylic acids is 1. The summed E-state index contributed by atoms with van der Waals surface area (Å²) in [4.78, 5) is 32.6. The molecule has 5 rings (SSSR count). The minimum Gasteiger partial charge on any atom is -0.481 e. The van der Waals surface area contributed by atoms with Crippen LogP contribution in [-0.2, 0) is 4.79 Å². The van der Waals surface area contributed by atoms with Crippen molar-refractivity contribution in [1.29, 1.82) is 0 Å². The molecule has 0 radical (unpaired) electrons. The van der Waals surface area contributed by atoms with Crippen molar-refractivity contribution in [1.82, 2.24) is 9.97 Å². The first-order valence-corrected chi connectivity index (χ1v) is 13.3. The van der Waals surface area contributed by atoms with Crippen molar-refractivity contribution in [3.05, 3.63) is 76.4 Å². The molecule has 2 heterocycles. The Bertz CT molecular complexity index is 1390. The van der Waals surface area contributed by atoms with Gasteiger partial charge in [0.05, 0.1) is 15.9 Å². The number of nitrogens with one attached hydrogen (secondary N) is 1. The molecule has 1 saturated carbocycles. The molecule has 8 heteroatoms. The van der Waals surface area contributed by atoms with E-state index in [9.17, 15) is 9.59 Å². The molecule has 6 nitrogen and oxygen atoms in total. The molecule has 0 saturated heterocycles. The number of rotatable bonds is 7. The summed E-state index contributed by atoms with van der Waals surface area (Å²) in [6.45, 7) is 0. The first-order valence-electron chi connectivity index (χ1n) is 12.1. The SMILES string of the molecule is O=C(O)CCC1CCC(c2csc3c(-c4ccc(NC(=O)c5cccc(Cl)c5)cc4)ncnc23)CC1. The van der Waals surface area contributed by atoms with E-state index in [0.29, 0.717) is 28.1 Å². The highest BCUT2D eigenvalue weighted by Gasteiger charge is 2.26. The van der Waals surface area contributed by atoms with Gasteiger partial charge in [-0.15, -0.1) is 11.3 Å². The lowest BCUT2D eigenvalue weighted by Gasteiger charge is -2.28. The van der Waals surface area contributed by atoms with Crippen molar-refractivity contribution >= 4 is 50.7 Å². The van der Waals surface area contributed by atoms with Crippen LogP contribution in [0.15, 0.2) is 60.2 Å². The van der Waals surface area contributed by atoms with E-state index in [-0.39, 0.29) is 12.3 Å². The number of hydrogen-bond acceptors (Lipinski definition) is 5. The molecule has 36 heavy (non-hydrogen) atoms. The molecule has 2 N–H and O–H groups in total. The van der Waals surface area contributed by atoms with Gasteiger partial charge in [0.2, 0.25) is 0 Å². The van der Waals surface area contributed by atoms with Gasteiger partial charge in [-0.1, -0.05) is 29.8 Å². The van der Waals surface area contributed by atoms with E-state index in [0.717, 1.165) is 53.6 Å². The fourth-order valence-corrected chi connectivity index (χ4v) is 6.30. The van der Waals surface area contributed by atoms with Crippen molar-refractivity contribution in [2.45, 2.75) is 44.4 Å². The molecule has 0 aliphatic heterocycles. The Morgan fingerprint density at radius 3 is 2.56 bits per heavy atom. The quantitative estimate of drug-likeness (QED) is 0.265. The van der Waals surface area contributed by atoms with Crippen LogP contribution >= 0.6 is 22.9 Å². The second-order valence-corrected chi connectivity index (χ2v) is 10.6. The summed E-state index contributed by atoms with van der Waals surface area (Å²) >= 11 is 7.67. The Labute approximate surface area is 218 Å². The molecule has 2 aromatic heterocycles. The molecule has 4 aromatic rings. The second kappa shape index (κ2) is 10.8. The van der Waals surface area contributed by atoms with E-state index < -0.39 is 5.97 Å². The Morgan fingerprint density at radius 1 is 1.06 bits per heavy atom. The Morgan fingerprint density at radius 2 is 1.83 bits per heavy atom. The lowest BCUT2D eigenvalue weighted by atomic mass is 9.77. The smallest absolute Gasteiger partial charge is 0.303 e. The maximum absolute atomic E-state index is 12.5. The van der Waals surface area contributed by atoms with E-state index in [1.165, 1.54) is 5.56 Å². The fourth-order valence-electron chi connectivity index (χ4n) is 5.00. The largest absolute Gasteiger partial charge is 0.481 e. The van der Waals surface area contributed by atoms with E-state index in [1.807, 2.05) is 24.3 Å². The zero-order valence-electron chi connectivity index (χ0n) is 19.6. The molecule has 1 aliphatic carbocycles. The third-order valence-corrected chi connectivity index (χ3v) is 8.17. The summed E-state index contributed by atoms with van der Waals surface area (Å²) in [7, 11) is 0. The van der Waals surface area contributed by atoms with E-state index >= 15 is 0 Å². The Hall–Kier alpha value is -3.29. The number of hydrogen-bond donors (Lipinski definition) is 2. The Kier molecular flexibility index (Phi) is 7.30. The third-order valence-electron chi connectivity index (χ3n) is 6.94. The van der Waals surface area contributed by atoms with Gasteiger partial charge >= 0.3 is 5.97 Å². The van der Waals surface area contributed by atoms with Crippen LogP contribution in [0.5, 0.6) is 0 Å². The van der Waals surface area contributed by atoms with Crippen molar-refractivity contribution in [3.63, 3.8) is 0 Å². The maximum Gasteiger partial charge on any atom is 0.303 e. The fraction of sp³-hybridized carbons (Fsp3) is 0.286. The molecule has 184 valence electrons. The van der Waals surface area contributed by atoms with Gasteiger partial charge < -0.3 is 10.4 Å². The predicted molar refractivity (Wildman–Crippen MR) is 144 cm³/mol. The number of anilines is 1. The van der Waals surface area contributed by atoms with Gasteiger partial charge in [-0.3, -0.25) is 9.59 Å². The molecular weight excluding hydrogens is 494 g/mol. The first kappa shape index (κ1) is 24.4. The second-order valence-electron chi connectivity index (χ2n) is 9.28. The number of halogens is 1. The summed E-state index contributed by atoms with van der Waals surface area (Å²) < 4.78 is 1.07. The van der Waals surface area contributed by atoms with Gasteiger partial charge in [-0.2, -0.15) is 0 Å². The van der Waals surface area contributed by atoms with Gasteiger partial charge in [-0.25, -0.2) is 9.97 Å². The standard InChI is InChI=1S/C28H26ClN3O3S/c29-21-3-1-2-20(14-21)28(35)32-22-11-9-19(10-12-22)25-27-26(31-16-30-25)23(15-36-27)18-7-4-17(5-8-18)6-13-24(33)34/h1-3,9-12,14-18H,4-8,13H2,(H,32,35)(H,33,34). The van der Waals surface area contributed by atoms with Crippen molar-refractivity contribution in [3.8, 4) is 11.3 Å². The number of carbonyl (C=O) groups is 2. The van der Waals surface area contributed by atoms with E-state index in [1.54, 1.807) is 41.9 Å². The third kappa shape index (κ3) is 5.42. The number of aliphatic carboxylic acids is 1. The predicted octanol–water partition coefficient (Wildman–Crippen LogP) is 7.40. The van der Waals surface area contributed by atoms with E-state index in [4.69, 9.17) is 16.7 Å². The van der Waals surface area contributed by atoms with Gasteiger partial charge in [0, 0.05) is 28.3 Å². The summed E-state index contributed by atoms with van der Waals surface area (Å²) in [5.41, 5.74) is 5.35. The first-order chi connectivity index (χ1) is 17.5. The highest BCUT2D eigenvalue weighted by Crippen LogP contribution is 2.43. The maximum atomic E-state index is 12.5. The number of nitrogens with zero attached hydrogens (tertiary/aromatic N) is 2. The van der Waals surface area contributed by atoms with Crippen LogP contribution in [0, 0.1) is 5.92 Å². The van der Waals surface area contributed by atoms with E-state index in [2.05, 4.69) is 20.7 Å². The highest BCUT2D eigenvalue weighted by atomic mass is 35.5. The topological polar surface area (TPSA) is 92.2 Å². The van der Waals surface area contributed by atoms with Crippen molar-refractivity contribution in [2.24, 2.45) is 5.92 Å². The van der Waals surface area contributed by atoms with Crippen molar-refractivity contribution < 1.29 is 14.7 Å². The van der Waals surface area contributed by atoms with Crippen molar-refractivity contribution in [2.75, 3.05) is 5.32 Å². The number of carboxylic acids is 1. The molecule has 0 bridgehead atoms. The molecule has 0 spiro atoms. The van der Waals surface area contributed by atoms with Crippen LogP contribution in [0.1, 0.15) is 60.4 Å². The highest BCUT2D eigenvalue weighted by molar-refractivity contribution is 7.17. The molecule has 1 fully saturated rings. The minimum absolute atomic E-state index is 0.213. The monoisotopic (exact) mass is 519 g/mol. The number of thiophene rings is 1. The molecule has 1 aliphatic rings. The number of carboxylic acid groups (broad SMARTS) is 1. The lowest BCUT2D eigenvalue weighted by molar-refractivity contribution is -0.137. The van der Waals surface area contributed by atoms with Crippen LogP contribution in [-0.4, -0.2) is 27.0 Å².